The van der Waals surface area contributed by atoms with Crippen molar-refractivity contribution in [2.24, 2.45) is 0 Å². The first-order valence-electron chi connectivity index (χ1n) is 14.9. The summed E-state index contributed by atoms with van der Waals surface area (Å²) in [4.78, 5) is 8.80. The molecule has 44 heavy (non-hydrogen) atoms. The highest BCUT2D eigenvalue weighted by atomic mass is 32.1. The molecular weight excluding hydrogens is 553 g/mol. The minimum absolute atomic E-state index is 1.04. The van der Waals surface area contributed by atoms with E-state index in [2.05, 4.69) is 163 Å². The Hall–Kier alpha value is -5.51. The van der Waals surface area contributed by atoms with Crippen molar-refractivity contribution in [3.8, 4) is 43.4 Å². The molecule has 0 atom stereocenters. The van der Waals surface area contributed by atoms with E-state index in [1.165, 1.54) is 48.7 Å². The summed E-state index contributed by atoms with van der Waals surface area (Å²) in [6, 6.07) is 56.6. The molecule has 1 aromatic heterocycles. The highest BCUT2D eigenvalue weighted by molar-refractivity contribution is 7.19. The van der Waals surface area contributed by atoms with Gasteiger partial charge >= 0.3 is 0 Å². The molecule has 0 saturated heterocycles. The molecule has 0 saturated carbocycles. The van der Waals surface area contributed by atoms with Crippen molar-refractivity contribution >= 4 is 49.9 Å². The Kier molecular flexibility index (Phi) is 5.71. The standard InChI is InChI=1S/C41H26N2S/c1-2-14-33(15-3-1)43(34-23-21-28(22-24-34)31-20-19-27-9-4-5-10-30(27)25-31)35-16-6-13-32(26-35)41-42-39-36-17-7-11-29-12-8-18-37(38(29)36)40(39)44-41/h1-26H. The third kappa shape index (κ3) is 4.05. The Labute approximate surface area is 260 Å². The molecule has 1 heterocycles. The van der Waals surface area contributed by atoms with E-state index in [1.54, 1.807) is 11.3 Å². The van der Waals surface area contributed by atoms with E-state index in [0.29, 0.717) is 0 Å². The van der Waals surface area contributed by atoms with Gasteiger partial charge in [-0.25, -0.2) is 4.98 Å². The van der Waals surface area contributed by atoms with Crippen LogP contribution in [0, 0.1) is 0 Å². The average Bonchev–Trinajstić information content (AvgIpc) is 3.66. The van der Waals surface area contributed by atoms with Crippen LogP contribution in [0.5, 0.6) is 0 Å². The predicted octanol–water partition coefficient (Wildman–Crippen LogP) is 11.9. The molecule has 0 fully saturated rings. The van der Waals surface area contributed by atoms with Gasteiger partial charge in [-0.3, -0.25) is 0 Å². The molecule has 206 valence electrons. The van der Waals surface area contributed by atoms with Crippen LogP contribution in [0.2, 0.25) is 0 Å². The number of fused-ring (bicyclic) bond motifs is 4. The number of aromatic nitrogens is 1. The van der Waals surface area contributed by atoms with Crippen LogP contribution in [-0.2, 0) is 0 Å². The quantitative estimate of drug-likeness (QED) is 0.202. The van der Waals surface area contributed by atoms with E-state index in [9.17, 15) is 0 Å². The van der Waals surface area contributed by atoms with Gasteiger partial charge in [0.2, 0.25) is 0 Å². The number of hydrogen-bond donors (Lipinski definition) is 0. The fraction of sp³-hybridized carbons (Fsp3) is 0. The molecule has 0 aliphatic heterocycles. The maximum Gasteiger partial charge on any atom is 0.124 e. The fourth-order valence-corrected chi connectivity index (χ4v) is 7.62. The first kappa shape index (κ1) is 25.0. The molecule has 0 unspecified atom stereocenters. The van der Waals surface area contributed by atoms with Crippen molar-refractivity contribution in [1.29, 1.82) is 0 Å². The molecular formula is C41H26N2S. The maximum atomic E-state index is 5.21. The van der Waals surface area contributed by atoms with Gasteiger partial charge in [0.25, 0.3) is 0 Å². The van der Waals surface area contributed by atoms with Gasteiger partial charge in [0.05, 0.1) is 10.6 Å². The lowest BCUT2D eigenvalue weighted by molar-refractivity contribution is 1.28. The molecule has 0 amide bonds. The summed E-state index contributed by atoms with van der Waals surface area (Å²) in [5.41, 5.74) is 10.5. The van der Waals surface area contributed by atoms with Crippen LogP contribution >= 0.6 is 11.3 Å². The first-order chi connectivity index (χ1) is 21.8. The van der Waals surface area contributed by atoms with E-state index < -0.39 is 0 Å². The zero-order chi connectivity index (χ0) is 29.0. The predicted molar refractivity (Wildman–Crippen MR) is 187 cm³/mol. The third-order valence-corrected chi connectivity index (χ3v) is 9.74. The van der Waals surface area contributed by atoms with Crippen LogP contribution < -0.4 is 4.90 Å². The van der Waals surface area contributed by atoms with Crippen molar-refractivity contribution in [2.75, 3.05) is 4.90 Å². The summed E-state index contributed by atoms with van der Waals surface area (Å²) < 4.78 is 0. The zero-order valence-corrected chi connectivity index (χ0v) is 24.6. The number of para-hydroxylation sites is 1. The van der Waals surface area contributed by atoms with E-state index in [4.69, 9.17) is 4.98 Å². The van der Waals surface area contributed by atoms with Crippen molar-refractivity contribution in [1.82, 2.24) is 4.98 Å². The van der Waals surface area contributed by atoms with E-state index >= 15 is 0 Å². The molecule has 0 N–H and O–H groups in total. The SMILES string of the molecule is c1ccc(N(c2ccc(-c3ccc4ccccc4c3)cc2)c2cccc(-c3nc4c(s3)-c3cccc5cccc-4c35)c2)cc1. The van der Waals surface area contributed by atoms with Crippen LogP contribution in [0.25, 0.3) is 64.9 Å². The fourth-order valence-electron chi connectivity index (χ4n) is 6.51. The van der Waals surface area contributed by atoms with Crippen LogP contribution in [0.4, 0.5) is 17.1 Å². The molecule has 2 nitrogen and oxygen atoms in total. The molecule has 1 aliphatic rings. The third-order valence-electron chi connectivity index (χ3n) is 8.61. The smallest absolute Gasteiger partial charge is 0.124 e. The highest BCUT2D eigenvalue weighted by Gasteiger charge is 2.26. The molecule has 0 bridgehead atoms. The van der Waals surface area contributed by atoms with E-state index in [-0.39, 0.29) is 0 Å². The largest absolute Gasteiger partial charge is 0.310 e. The lowest BCUT2D eigenvalue weighted by Gasteiger charge is -2.26. The van der Waals surface area contributed by atoms with Gasteiger partial charge in [0, 0.05) is 33.8 Å². The second-order valence-electron chi connectivity index (χ2n) is 11.2. The second-order valence-corrected chi connectivity index (χ2v) is 12.2. The zero-order valence-electron chi connectivity index (χ0n) is 23.8. The normalized spacial score (nSPS) is 11.6. The Morgan fingerprint density at radius 3 is 1.93 bits per heavy atom. The van der Waals surface area contributed by atoms with Crippen LogP contribution in [0.15, 0.2) is 158 Å². The Balaban J connectivity index is 1.11. The summed E-state index contributed by atoms with van der Waals surface area (Å²) in [5.74, 6) is 0. The number of hydrogen-bond acceptors (Lipinski definition) is 3. The van der Waals surface area contributed by atoms with Gasteiger partial charge in [-0.1, -0.05) is 115 Å². The Morgan fingerprint density at radius 2 is 1.09 bits per heavy atom. The Morgan fingerprint density at radius 1 is 0.432 bits per heavy atom. The highest BCUT2D eigenvalue weighted by Crippen LogP contribution is 2.51. The van der Waals surface area contributed by atoms with Crippen molar-refractivity contribution in [3.05, 3.63) is 158 Å². The average molecular weight is 579 g/mol. The molecule has 8 aromatic rings. The van der Waals surface area contributed by atoms with Gasteiger partial charge in [-0.2, -0.15) is 0 Å². The van der Waals surface area contributed by atoms with Gasteiger partial charge in [-0.15, -0.1) is 11.3 Å². The van der Waals surface area contributed by atoms with Crippen molar-refractivity contribution < 1.29 is 0 Å². The molecule has 7 aromatic carbocycles. The topological polar surface area (TPSA) is 16.1 Å². The Bertz CT molecular complexity index is 2280. The minimum atomic E-state index is 1.04. The number of benzene rings is 7. The summed E-state index contributed by atoms with van der Waals surface area (Å²) in [5, 5.41) is 6.16. The van der Waals surface area contributed by atoms with Crippen LogP contribution in [0.1, 0.15) is 0 Å². The maximum absolute atomic E-state index is 5.21. The van der Waals surface area contributed by atoms with Crippen LogP contribution in [-0.4, -0.2) is 4.98 Å². The summed E-state index contributed by atoms with van der Waals surface area (Å²) in [6.07, 6.45) is 0. The summed E-state index contributed by atoms with van der Waals surface area (Å²) in [6.45, 7) is 0. The molecule has 9 rings (SSSR count). The van der Waals surface area contributed by atoms with Crippen molar-refractivity contribution in [2.45, 2.75) is 0 Å². The summed E-state index contributed by atoms with van der Waals surface area (Å²) in [7, 11) is 0. The molecule has 1 aliphatic carbocycles. The number of nitrogens with zero attached hydrogens (tertiary/aromatic N) is 2. The minimum Gasteiger partial charge on any atom is -0.310 e. The summed E-state index contributed by atoms with van der Waals surface area (Å²) >= 11 is 1.79. The van der Waals surface area contributed by atoms with Gasteiger partial charge in [0.15, 0.2) is 0 Å². The molecule has 0 radical (unpaired) electrons. The molecule has 3 heteroatoms. The molecule has 0 spiro atoms. The number of anilines is 3. The number of thiazole rings is 1. The van der Waals surface area contributed by atoms with Gasteiger partial charge in [0.1, 0.15) is 5.01 Å². The number of rotatable bonds is 5. The van der Waals surface area contributed by atoms with Gasteiger partial charge < -0.3 is 4.90 Å². The van der Waals surface area contributed by atoms with E-state index in [1.807, 2.05) is 0 Å². The lowest BCUT2D eigenvalue weighted by Crippen LogP contribution is -2.09. The van der Waals surface area contributed by atoms with Gasteiger partial charge in [-0.05, 0) is 75.1 Å². The van der Waals surface area contributed by atoms with Crippen LogP contribution in [0.3, 0.4) is 0 Å². The monoisotopic (exact) mass is 578 g/mol. The lowest BCUT2D eigenvalue weighted by atomic mass is 10.0. The second kappa shape index (κ2) is 10.0. The first-order valence-corrected chi connectivity index (χ1v) is 15.7. The van der Waals surface area contributed by atoms with Crippen molar-refractivity contribution in [3.63, 3.8) is 0 Å². The van der Waals surface area contributed by atoms with E-state index in [0.717, 1.165) is 33.3 Å².